The maximum Gasteiger partial charge on any atom is 0.191 e. The summed E-state index contributed by atoms with van der Waals surface area (Å²) in [6, 6.07) is 0. The molecule has 2 rings (SSSR count). The van der Waals surface area contributed by atoms with Crippen molar-refractivity contribution in [2.24, 2.45) is 4.99 Å². The third kappa shape index (κ3) is 7.15. The number of aryl methyl sites for hydroxylation is 1. The average molecular weight is 355 g/mol. The van der Waals surface area contributed by atoms with Gasteiger partial charge in [0.15, 0.2) is 5.96 Å². The van der Waals surface area contributed by atoms with Gasteiger partial charge in [0.25, 0.3) is 0 Å². The number of hydrogen-bond donors (Lipinski definition) is 2. The Morgan fingerprint density at radius 3 is 2.92 bits per heavy atom. The zero-order chi connectivity index (χ0) is 17.0. The molecule has 0 aromatic carbocycles. The van der Waals surface area contributed by atoms with Crippen molar-refractivity contribution in [1.29, 1.82) is 0 Å². The third-order valence-corrected chi connectivity index (χ3v) is 4.93. The molecule has 0 aliphatic carbocycles. The highest BCUT2D eigenvalue weighted by molar-refractivity contribution is 7.11. The van der Waals surface area contributed by atoms with Crippen LogP contribution in [0.1, 0.15) is 43.0 Å². The smallest absolute Gasteiger partial charge is 0.191 e. The Bertz CT molecular complexity index is 487. The van der Waals surface area contributed by atoms with Crippen LogP contribution in [0.25, 0.3) is 0 Å². The number of aromatic nitrogens is 1. The standard InChI is InChI=1S/C17H30N4O2S/c1-3-15-12-20-16(24-15)13-21-17(18-4-2)19-8-5-9-23-14-6-10-22-11-7-14/h12,14H,3-11,13H2,1-2H3,(H2,18,19,21). The van der Waals surface area contributed by atoms with Crippen molar-refractivity contribution in [2.75, 3.05) is 32.9 Å². The van der Waals surface area contributed by atoms with Crippen molar-refractivity contribution >= 4 is 17.3 Å². The SMILES string of the molecule is CCNC(=NCc1ncc(CC)s1)NCCCOC1CCOCC1. The zero-order valence-corrected chi connectivity index (χ0v) is 15.7. The normalized spacial score (nSPS) is 16.3. The number of guanidine groups is 1. The summed E-state index contributed by atoms with van der Waals surface area (Å²) in [6.07, 6.45) is 6.37. The number of rotatable bonds is 9. The molecule has 1 saturated heterocycles. The maximum absolute atomic E-state index is 5.88. The average Bonchev–Trinajstić information content (AvgIpc) is 3.08. The van der Waals surface area contributed by atoms with E-state index in [4.69, 9.17) is 9.47 Å². The van der Waals surface area contributed by atoms with E-state index in [9.17, 15) is 0 Å². The minimum atomic E-state index is 0.373. The monoisotopic (exact) mass is 354 g/mol. The third-order valence-electron chi connectivity index (χ3n) is 3.80. The Morgan fingerprint density at radius 2 is 2.21 bits per heavy atom. The van der Waals surface area contributed by atoms with Gasteiger partial charge in [-0.3, -0.25) is 0 Å². The summed E-state index contributed by atoms with van der Waals surface area (Å²) in [7, 11) is 0. The van der Waals surface area contributed by atoms with E-state index in [1.54, 1.807) is 11.3 Å². The summed E-state index contributed by atoms with van der Waals surface area (Å²) in [5, 5.41) is 7.69. The zero-order valence-electron chi connectivity index (χ0n) is 14.8. The molecular formula is C17H30N4O2S. The first kappa shape index (κ1) is 19.1. The van der Waals surface area contributed by atoms with Crippen molar-refractivity contribution in [3.8, 4) is 0 Å². The lowest BCUT2D eigenvalue weighted by molar-refractivity contribution is -0.0320. The van der Waals surface area contributed by atoms with Crippen molar-refractivity contribution in [3.63, 3.8) is 0 Å². The van der Waals surface area contributed by atoms with Crippen LogP contribution in [0.2, 0.25) is 0 Å². The summed E-state index contributed by atoms with van der Waals surface area (Å²) < 4.78 is 11.2. The molecule has 0 amide bonds. The van der Waals surface area contributed by atoms with Gasteiger partial charge in [0.2, 0.25) is 0 Å². The largest absolute Gasteiger partial charge is 0.381 e. The predicted octanol–water partition coefficient (Wildman–Crippen LogP) is 2.35. The van der Waals surface area contributed by atoms with Gasteiger partial charge < -0.3 is 20.1 Å². The van der Waals surface area contributed by atoms with E-state index < -0.39 is 0 Å². The van der Waals surface area contributed by atoms with Crippen molar-refractivity contribution < 1.29 is 9.47 Å². The Balaban J connectivity index is 1.65. The molecule has 24 heavy (non-hydrogen) atoms. The molecule has 1 fully saturated rings. The predicted molar refractivity (Wildman–Crippen MR) is 98.7 cm³/mol. The second kappa shape index (κ2) is 11.4. The Labute approximate surface area is 149 Å². The number of ether oxygens (including phenoxy) is 2. The fraction of sp³-hybridized carbons (Fsp3) is 0.765. The Kier molecular flexibility index (Phi) is 9.09. The van der Waals surface area contributed by atoms with Crippen LogP contribution in [0.3, 0.4) is 0 Å². The van der Waals surface area contributed by atoms with Crippen LogP contribution in [0.15, 0.2) is 11.2 Å². The number of aliphatic imine (C=N–C) groups is 1. The van der Waals surface area contributed by atoms with E-state index >= 15 is 0 Å². The lowest BCUT2D eigenvalue weighted by Gasteiger charge is -2.22. The lowest BCUT2D eigenvalue weighted by Crippen LogP contribution is -2.38. The first-order valence-electron chi connectivity index (χ1n) is 8.97. The highest BCUT2D eigenvalue weighted by atomic mass is 32.1. The molecule has 7 heteroatoms. The van der Waals surface area contributed by atoms with Gasteiger partial charge in [0.1, 0.15) is 5.01 Å². The highest BCUT2D eigenvalue weighted by Gasteiger charge is 2.13. The highest BCUT2D eigenvalue weighted by Crippen LogP contribution is 2.14. The van der Waals surface area contributed by atoms with Gasteiger partial charge in [0, 0.05) is 44.0 Å². The van der Waals surface area contributed by atoms with Crippen LogP contribution in [0.5, 0.6) is 0 Å². The summed E-state index contributed by atoms with van der Waals surface area (Å²) in [5.74, 6) is 0.844. The van der Waals surface area contributed by atoms with Gasteiger partial charge in [-0.05, 0) is 32.6 Å². The second-order valence-electron chi connectivity index (χ2n) is 5.73. The van der Waals surface area contributed by atoms with Gasteiger partial charge in [-0.15, -0.1) is 11.3 Å². The molecule has 0 saturated carbocycles. The molecule has 6 nitrogen and oxygen atoms in total. The van der Waals surface area contributed by atoms with E-state index in [-0.39, 0.29) is 0 Å². The Morgan fingerprint density at radius 1 is 1.38 bits per heavy atom. The van der Waals surface area contributed by atoms with E-state index in [1.807, 2.05) is 6.20 Å². The number of nitrogens with one attached hydrogen (secondary N) is 2. The quantitative estimate of drug-likeness (QED) is 0.405. The summed E-state index contributed by atoms with van der Waals surface area (Å²) in [5.41, 5.74) is 0. The Hall–Kier alpha value is -1.18. The van der Waals surface area contributed by atoms with Crippen molar-refractivity contribution in [3.05, 3.63) is 16.1 Å². The number of hydrogen-bond acceptors (Lipinski definition) is 5. The second-order valence-corrected chi connectivity index (χ2v) is 6.93. The van der Waals surface area contributed by atoms with Gasteiger partial charge in [-0.25, -0.2) is 9.98 Å². The minimum Gasteiger partial charge on any atom is -0.381 e. The molecule has 1 aliphatic heterocycles. The molecule has 1 aliphatic rings. The summed E-state index contributed by atoms with van der Waals surface area (Å²) in [6.45, 7) is 8.99. The van der Waals surface area contributed by atoms with Gasteiger partial charge in [-0.2, -0.15) is 0 Å². The number of thiazole rings is 1. The molecule has 1 aromatic heterocycles. The molecular weight excluding hydrogens is 324 g/mol. The number of nitrogens with zero attached hydrogens (tertiary/aromatic N) is 2. The van der Waals surface area contributed by atoms with Crippen LogP contribution >= 0.6 is 11.3 Å². The molecule has 2 N–H and O–H groups in total. The molecule has 136 valence electrons. The molecule has 0 bridgehead atoms. The van der Waals surface area contributed by atoms with Crippen LogP contribution in [0.4, 0.5) is 0 Å². The van der Waals surface area contributed by atoms with E-state index in [1.165, 1.54) is 4.88 Å². The topological polar surface area (TPSA) is 67.8 Å². The van der Waals surface area contributed by atoms with Gasteiger partial charge >= 0.3 is 0 Å². The first-order chi connectivity index (χ1) is 11.8. The van der Waals surface area contributed by atoms with E-state index in [0.29, 0.717) is 12.6 Å². The van der Waals surface area contributed by atoms with Crippen LogP contribution in [-0.2, 0) is 22.4 Å². The fourth-order valence-electron chi connectivity index (χ4n) is 2.44. The molecule has 1 aromatic rings. The maximum atomic E-state index is 5.88. The van der Waals surface area contributed by atoms with Crippen LogP contribution < -0.4 is 10.6 Å². The van der Waals surface area contributed by atoms with E-state index in [2.05, 4.69) is 34.5 Å². The van der Waals surface area contributed by atoms with Crippen molar-refractivity contribution in [1.82, 2.24) is 15.6 Å². The van der Waals surface area contributed by atoms with Gasteiger partial charge in [-0.1, -0.05) is 6.92 Å². The molecule has 0 unspecified atom stereocenters. The van der Waals surface area contributed by atoms with Gasteiger partial charge in [0.05, 0.1) is 12.6 Å². The summed E-state index contributed by atoms with van der Waals surface area (Å²) >= 11 is 1.74. The summed E-state index contributed by atoms with van der Waals surface area (Å²) in [4.78, 5) is 10.3. The molecule has 0 radical (unpaired) electrons. The lowest BCUT2D eigenvalue weighted by atomic mass is 10.1. The molecule has 2 heterocycles. The molecule has 0 atom stereocenters. The minimum absolute atomic E-state index is 0.373. The first-order valence-corrected chi connectivity index (χ1v) is 9.78. The van der Waals surface area contributed by atoms with E-state index in [0.717, 1.165) is 69.6 Å². The van der Waals surface area contributed by atoms with Crippen LogP contribution in [0, 0.1) is 0 Å². The van der Waals surface area contributed by atoms with Crippen LogP contribution in [-0.4, -0.2) is 50.0 Å². The van der Waals surface area contributed by atoms with Crippen molar-refractivity contribution in [2.45, 2.75) is 52.2 Å². The fourth-order valence-corrected chi connectivity index (χ4v) is 3.23. The molecule has 0 spiro atoms.